The van der Waals surface area contributed by atoms with Gasteiger partial charge in [0.15, 0.2) is 0 Å². The number of ether oxygens (including phenoxy) is 1. The molecule has 1 aliphatic heterocycles. The van der Waals surface area contributed by atoms with Crippen molar-refractivity contribution in [2.45, 2.75) is 12.8 Å². The standard InChI is InChI=1S/C20H21N3O3/c1-23-12-22-18(17-10-15(20(24)25)8-9-21-17)19(23)14-4-6-16(7-5-14)26-11-13-2-3-13/h4-10,13,22H,2-3,11-12H2,1H3,(H,24,25). The molecular formula is C20H21N3O3. The number of hydrogen-bond donors (Lipinski definition) is 2. The van der Waals surface area contributed by atoms with Gasteiger partial charge < -0.3 is 20.1 Å². The summed E-state index contributed by atoms with van der Waals surface area (Å²) >= 11 is 0. The fourth-order valence-corrected chi connectivity index (χ4v) is 3.04. The van der Waals surface area contributed by atoms with Gasteiger partial charge in [0.2, 0.25) is 0 Å². The van der Waals surface area contributed by atoms with Crippen LogP contribution in [0.5, 0.6) is 5.75 Å². The Morgan fingerprint density at radius 2 is 2.08 bits per heavy atom. The molecule has 0 atom stereocenters. The van der Waals surface area contributed by atoms with Gasteiger partial charge in [0.25, 0.3) is 0 Å². The average molecular weight is 351 g/mol. The molecule has 1 aliphatic carbocycles. The van der Waals surface area contributed by atoms with Crippen molar-refractivity contribution in [2.75, 3.05) is 20.3 Å². The summed E-state index contributed by atoms with van der Waals surface area (Å²) in [6.07, 6.45) is 4.07. The van der Waals surface area contributed by atoms with Gasteiger partial charge in [-0.05, 0) is 55.2 Å². The summed E-state index contributed by atoms with van der Waals surface area (Å²) in [6.45, 7) is 1.43. The smallest absolute Gasteiger partial charge is 0.335 e. The van der Waals surface area contributed by atoms with Crippen LogP contribution in [0.1, 0.15) is 34.5 Å². The van der Waals surface area contributed by atoms with Crippen LogP contribution in [0.4, 0.5) is 0 Å². The predicted molar refractivity (Wildman–Crippen MR) is 98.4 cm³/mol. The van der Waals surface area contributed by atoms with E-state index in [1.54, 1.807) is 6.07 Å². The van der Waals surface area contributed by atoms with Crippen molar-refractivity contribution in [3.8, 4) is 5.75 Å². The Balaban J connectivity index is 1.64. The molecule has 0 bridgehead atoms. The summed E-state index contributed by atoms with van der Waals surface area (Å²) in [6, 6.07) is 11.1. The van der Waals surface area contributed by atoms with Gasteiger partial charge in [-0.15, -0.1) is 0 Å². The highest BCUT2D eigenvalue weighted by Gasteiger charge is 2.24. The van der Waals surface area contributed by atoms with Gasteiger partial charge in [-0.2, -0.15) is 0 Å². The quantitative estimate of drug-likeness (QED) is 0.834. The molecule has 26 heavy (non-hydrogen) atoms. The molecule has 1 aromatic heterocycles. The number of carboxylic acids is 1. The number of hydrogen-bond acceptors (Lipinski definition) is 5. The third-order valence-electron chi connectivity index (χ3n) is 4.68. The zero-order chi connectivity index (χ0) is 18.1. The molecule has 0 unspecified atom stereocenters. The molecule has 4 rings (SSSR count). The topological polar surface area (TPSA) is 74.7 Å². The van der Waals surface area contributed by atoms with E-state index in [4.69, 9.17) is 4.74 Å². The fraction of sp³-hybridized carbons (Fsp3) is 0.300. The van der Waals surface area contributed by atoms with Gasteiger partial charge >= 0.3 is 5.97 Å². The van der Waals surface area contributed by atoms with Crippen LogP contribution >= 0.6 is 0 Å². The third kappa shape index (κ3) is 3.35. The van der Waals surface area contributed by atoms with Gasteiger partial charge in [0.1, 0.15) is 5.75 Å². The van der Waals surface area contributed by atoms with Gasteiger partial charge in [-0.1, -0.05) is 0 Å². The van der Waals surface area contributed by atoms with Crippen LogP contribution in [0, 0.1) is 5.92 Å². The predicted octanol–water partition coefficient (Wildman–Crippen LogP) is 2.89. The number of carboxylic acid groups (broad SMARTS) is 1. The van der Waals surface area contributed by atoms with Crippen LogP contribution in [0.25, 0.3) is 11.4 Å². The molecule has 1 saturated carbocycles. The van der Waals surface area contributed by atoms with E-state index in [0.29, 0.717) is 12.4 Å². The number of pyridine rings is 1. The Bertz CT molecular complexity index is 857. The maximum absolute atomic E-state index is 11.2. The summed E-state index contributed by atoms with van der Waals surface area (Å²) in [5, 5.41) is 12.5. The molecule has 6 heteroatoms. The molecular weight excluding hydrogens is 330 g/mol. The normalized spacial score (nSPS) is 16.6. The first-order valence-electron chi connectivity index (χ1n) is 8.74. The van der Waals surface area contributed by atoms with E-state index in [9.17, 15) is 9.90 Å². The van der Waals surface area contributed by atoms with Crippen LogP contribution in [0.3, 0.4) is 0 Å². The lowest BCUT2D eigenvalue weighted by molar-refractivity contribution is 0.0696. The summed E-state index contributed by atoms with van der Waals surface area (Å²) in [7, 11) is 1.99. The number of aromatic nitrogens is 1. The van der Waals surface area contributed by atoms with E-state index in [2.05, 4.69) is 15.2 Å². The van der Waals surface area contributed by atoms with Crippen molar-refractivity contribution in [3.63, 3.8) is 0 Å². The van der Waals surface area contributed by atoms with Crippen LogP contribution in [0.2, 0.25) is 0 Å². The molecule has 0 saturated heterocycles. The number of nitrogens with one attached hydrogen (secondary N) is 1. The molecule has 0 radical (unpaired) electrons. The van der Waals surface area contributed by atoms with E-state index in [-0.39, 0.29) is 5.56 Å². The second kappa shape index (κ2) is 6.71. The first kappa shape index (κ1) is 16.4. The maximum atomic E-state index is 11.2. The zero-order valence-electron chi connectivity index (χ0n) is 14.6. The lowest BCUT2D eigenvalue weighted by Crippen LogP contribution is -2.18. The van der Waals surface area contributed by atoms with Crippen LogP contribution in [-0.2, 0) is 0 Å². The number of carbonyl (C=O) groups is 1. The van der Waals surface area contributed by atoms with E-state index >= 15 is 0 Å². The molecule has 0 amide bonds. The van der Waals surface area contributed by atoms with Crippen LogP contribution in [0.15, 0.2) is 42.6 Å². The lowest BCUT2D eigenvalue weighted by atomic mass is 10.1. The van der Waals surface area contributed by atoms with Crippen molar-refractivity contribution in [1.82, 2.24) is 15.2 Å². The number of rotatable bonds is 6. The summed E-state index contributed by atoms with van der Waals surface area (Å²) in [5.41, 5.74) is 3.71. The van der Waals surface area contributed by atoms with Gasteiger partial charge in [0.05, 0.1) is 35.9 Å². The molecule has 134 valence electrons. The summed E-state index contributed by atoms with van der Waals surface area (Å²) in [5.74, 6) is 0.642. The third-order valence-corrected chi connectivity index (χ3v) is 4.68. The second-order valence-electron chi connectivity index (χ2n) is 6.77. The highest BCUT2D eigenvalue weighted by molar-refractivity contribution is 5.93. The van der Waals surface area contributed by atoms with Gasteiger partial charge in [-0.3, -0.25) is 4.98 Å². The Morgan fingerprint density at radius 1 is 1.31 bits per heavy atom. The molecule has 0 spiro atoms. The minimum atomic E-state index is -0.959. The zero-order valence-corrected chi connectivity index (χ0v) is 14.6. The first-order chi connectivity index (χ1) is 12.6. The summed E-state index contributed by atoms with van der Waals surface area (Å²) < 4.78 is 5.81. The first-order valence-corrected chi connectivity index (χ1v) is 8.74. The monoisotopic (exact) mass is 351 g/mol. The molecule has 2 N–H and O–H groups in total. The van der Waals surface area contributed by atoms with Gasteiger partial charge in [-0.25, -0.2) is 4.79 Å². The highest BCUT2D eigenvalue weighted by atomic mass is 16.5. The Kier molecular flexibility index (Phi) is 4.24. The Morgan fingerprint density at radius 3 is 2.77 bits per heavy atom. The number of benzene rings is 1. The molecule has 1 fully saturated rings. The minimum Gasteiger partial charge on any atom is -0.493 e. The molecule has 6 nitrogen and oxygen atoms in total. The number of nitrogens with zero attached hydrogens (tertiary/aromatic N) is 2. The van der Waals surface area contributed by atoms with Crippen molar-refractivity contribution in [3.05, 3.63) is 59.4 Å². The minimum absolute atomic E-state index is 0.224. The van der Waals surface area contributed by atoms with E-state index in [1.165, 1.54) is 25.1 Å². The molecule has 2 aromatic rings. The lowest BCUT2D eigenvalue weighted by Gasteiger charge is -2.16. The molecule has 1 aromatic carbocycles. The van der Waals surface area contributed by atoms with Crippen molar-refractivity contribution >= 4 is 17.4 Å². The highest BCUT2D eigenvalue weighted by Crippen LogP contribution is 2.32. The van der Waals surface area contributed by atoms with E-state index < -0.39 is 5.97 Å². The van der Waals surface area contributed by atoms with Crippen molar-refractivity contribution in [2.24, 2.45) is 5.92 Å². The van der Waals surface area contributed by atoms with Crippen molar-refractivity contribution in [1.29, 1.82) is 0 Å². The van der Waals surface area contributed by atoms with Crippen molar-refractivity contribution < 1.29 is 14.6 Å². The Hall–Kier alpha value is -3.02. The van der Waals surface area contributed by atoms with E-state index in [1.807, 2.05) is 31.3 Å². The molecule has 2 heterocycles. The SMILES string of the molecule is CN1CNC(c2cc(C(=O)O)ccn2)=C1c1ccc(OCC2CC2)cc1. The van der Waals surface area contributed by atoms with Gasteiger partial charge in [0, 0.05) is 18.8 Å². The largest absolute Gasteiger partial charge is 0.493 e. The Labute approximate surface area is 152 Å². The van der Waals surface area contributed by atoms with Crippen LogP contribution < -0.4 is 10.1 Å². The fourth-order valence-electron chi connectivity index (χ4n) is 3.04. The van der Waals surface area contributed by atoms with E-state index in [0.717, 1.165) is 35.2 Å². The van der Waals surface area contributed by atoms with Crippen LogP contribution in [-0.4, -0.2) is 41.3 Å². The second-order valence-corrected chi connectivity index (χ2v) is 6.77. The summed E-state index contributed by atoms with van der Waals surface area (Å²) in [4.78, 5) is 17.7. The maximum Gasteiger partial charge on any atom is 0.335 e. The average Bonchev–Trinajstić information content (AvgIpc) is 3.41. The number of aromatic carboxylic acids is 1. The molecule has 2 aliphatic rings.